The second kappa shape index (κ2) is 70.3. The smallest absolute Gasteiger partial charge is 0.306 e. The first-order chi connectivity index (χ1) is 41.0. The predicted molar refractivity (Wildman–Crippen MR) is 362 cm³/mol. The SMILES string of the molecule is CC/C=C\C/C=C\C/C=C\C/C=C\CCCCCCC(=O)OC(COC(=O)CC/C=C\C/C=C\C/C=C\C/C=C\CC)COC(=O)CCCCCCCCCCCCCCCCCCCCCCCCC/C=C\C/C=C\CCCCCCC. The Balaban J connectivity index is 4.17. The molecule has 0 fully saturated rings. The summed E-state index contributed by atoms with van der Waals surface area (Å²) >= 11 is 0. The van der Waals surface area contributed by atoms with Crippen molar-refractivity contribution in [3.63, 3.8) is 0 Å². The van der Waals surface area contributed by atoms with E-state index in [1.165, 1.54) is 173 Å². The third-order valence-electron chi connectivity index (χ3n) is 14.9. The van der Waals surface area contributed by atoms with Gasteiger partial charge >= 0.3 is 17.9 Å². The number of rotatable bonds is 63. The van der Waals surface area contributed by atoms with Crippen molar-refractivity contribution in [2.45, 2.75) is 335 Å². The molecule has 0 rings (SSSR count). The summed E-state index contributed by atoms with van der Waals surface area (Å²) < 4.78 is 16.8. The monoisotopic (exact) mass is 1150 g/mol. The molecular formula is C77H130O6. The molecule has 474 valence electrons. The molecule has 0 aliphatic heterocycles. The molecular weight excluding hydrogens is 1020 g/mol. The maximum atomic E-state index is 12.9. The largest absolute Gasteiger partial charge is 0.462 e. The summed E-state index contributed by atoms with van der Waals surface area (Å²) in [5.41, 5.74) is 0. The van der Waals surface area contributed by atoms with Gasteiger partial charge in [0.2, 0.25) is 0 Å². The number of hydrogen-bond donors (Lipinski definition) is 0. The van der Waals surface area contributed by atoms with E-state index in [9.17, 15) is 14.4 Å². The Labute approximate surface area is 513 Å². The van der Waals surface area contributed by atoms with Gasteiger partial charge in [-0.2, -0.15) is 0 Å². The van der Waals surface area contributed by atoms with Crippen LogP contribution in [-0.2, 0) is 28.6 Å². The second-order valence-corrected chi connectivity index (χ2v) is 23.0. The molecule has 0 amide bonds. The third-order valence-corrected chi connectivity index (χ3v) is 14.9. The maximum absolute atomic E-state index is 12.9. The van der Waals surface area contributed by atoms with Crippen LogP contribution in [0.1, 0.15) is 329 Å². The minimum Gasteiger partial charge on any atom is -0.462 e. The number of carbonyl (C=O) groups is 3. The first kappa shape index (κ1) is 78.8. The normalized spacial score (nSPS) is 12.9. The number of allylic oxidation sites excluding steroid dienone is 20. The molecule has 0 bridgehead atoms. The Bertz CT molecular complexity index is 1700. The summed E-state index contributed by atoms with van der Waals surface area (Å²) in [7, 11) is 0. The highest BCUT2D eigenvalue weighted by molar-refractivity contribution is 5.71. The molecule has 0 N–H and O–H groups in total. The molecule has 1 unspecified atom stereocenters. The molecule has 0 aromatic heterocycles. The van der Waals surface area contributed by atoms with Gasteiger partial charge in [0, 0.05) is 19.3 Å². The Morgan fingerprint density at radius 2 is 0.494 bits per heavy atom. The number of esters is 3. The standard InChI is InChI=1S/C77H130O6/c1-4-7-10-13-16-19-22-25-27-29-30-31-32-33-34-35-36-37-38-39-40-41-42-43-44-45-46-48-49-52-55-58-61-64-67-70-76(79)82-73-74(72-81-75(78)69-66-63-60-57-54-51-24-21-18-15-12-9-6-3)83-77(80)71-68-65-62-59-56-53-50-47-28-26-23-20-17-14-11-8-5-2/h8-9,11-12,17-18,20-22,25-26,28-30,50-51,53-54,60,63,74H,4-7,10,13-16,19,23-24,27,31-49,52,55-59,61-62,64-73H2,1-3H3/b11-8-,12-9-,20-17-,21-18-,25-22-,28-26-,30-29-,53-50-,54-51-,63-60-. The van der Waals surface area contributed by atoms with E-state index in [-0.39, 0.29) is 44.0 Å². The minimum absolute atomic E-state index is 0.110. The molecule has 6 heteroatoms. The van der Waals surface area contributed by atoms with E-state index in [1.54, 1.807) is 0 Å². The average Bonchev–Trinajstić information content (AvgIpc) is 3.49. The Morgan fingerprint density at radius 1 is 0.253 bits per heavy atom. The molecule has 0 saturated carbocycles. The molecule has 0 aromatic rings. The maximum Gasteiger partial charge on any atom is 0.306 e. The zero-order valence-electron chi connectivity index (χ0n) is 54.4. The van der Waals surface area contributed by atoms with Gasteiger partial charge in [0.25, 0.3) is 0 Å². The topological polar surface area (TPSA) is 78.9 Å². The third kappa shape index (κ3) is 68.5. The molecule has 0 saturated heterocycles. The van der Waals surface area contributed by atoms with Crippen LogP contribution in [0.2, 0.25) is 0 Å². The lowest BCUT2D eigenvalue weighted by molar-refractivity contribution is -0.166. The van der Waals surface area contributed by atoms with Gasteiger partial charge in [0.05, 0.1) is 0 Å². The highest BCUT2D eigenvalue weighted by atomic mass is 16.6. The van der Waals surface area contributed by atoms with Crippen molar-refractivity contribution >= 4 is 17.9 Å². The van der Waals surface area contributed by atoms with Crippen molar-refractivity contribution in [2.24, 2.45) is 0 Å². The van der Waals surface area contributed by atoms with E-state index in [1.807, 2.05) is 6.08 Å². The van der Waals surface area contributed by atoms with Gasteiger partial charge in [-0.3, -0.25) is 14.4 Å². The van der Waals surface area contributed by atoms with Crippen molar-refractivity contribution in [3.8, 4) is 0 Å². The lowest BCUT2D eigenvalue weighted by Gasteiger charge is -2.18. The fourth-order valence-electron chi connectivity index (χ4n) is 9.77. The summed E-state index contributed by atoms with van der Waals surface area (Å²) in [6, 6.07) is 0. The Kier molecular flexibility index (Phi) is 66.7. The van der Waals surface area contributed by atoms with Crippen molar-refractivity contribution in [2.75, 3.05) is 13.2 Å². The van der Waals surface area contributed by atoms with Crippen molar-refractivity contribution in [3.05, 3.63) is 122 Å². The quantitative estimate of drug-likeness (QED) is 0.0261. The zero-order valence-corrected chi connectivity index (χ0v) is 54.4. The van der Waals surface area contributed by atoms with Crippen LogP contribution in [0.25, 0.3) is 0 Å². The summed E-state index contributed by atoms with van der Waals surface area (Å²) in [5.74, 6) is -1.01. The molecule has 1 atom stereocenters. The van der Waals surface area contributed by atoms with E-state index < -0.39 is 6.10 Å². The molecule has 0 aromatic carbocycles. The minimum atomic E-state index is -0.822. The van der Waals surface area contributed by atoms with Gasteiger partial charge < -0.3 is 14.2 Å². The van der Waals surface area contributed by atoms with Crippen molar-refractivity contribution < 1.29 is 28.6 Å². The number of ether oxygens (including phenoxy) is 3. The number of hydrogen-bond acceptors (Lipinski definition) is 6. The molecule has 0 aliphatic carbocycles. The van der Waals surface area contributed by atoms with Crippen molar-refractivity contribution in [1.29, 1.82) is 0 Å². The summed E-state index contributed by atoms with van der Waals surface area (Å²) in [4.78, 5) is 38.3. The van der Waals surface area contributed by atoms with Gasteiger partial charge in [0.1, 0.15) is 13.2 Å². The Hall–Kier alpha value is -4.19. The first-order valence-electron chi connectivity index (χ1n) is 35.0. The van der Waals surface area contributed by atoms with Gasteiger partial charge in [0.15, 0.2) is 6.10 Å². The van der Waals surface area contributed by atoms with E-state index in [2.05, 4.69) is 136 Å². The van der Waals surface area contributed by atoms with E-state index in [0.717, 1.165) is 109 Å². The van der Waals surface area contributed by atoms with Crippen LogP contribution >= 0.6 is 0 Å². The van der Waals surface area contributed by atoms with Crippen molar-refractivity contribution in [1.82, 2.24) is 0 Å². The van der Waals surface area contributed by atoms with E-state index in [0.29, 0.717) is 12.8 Å². The Morgan fingerprint density at radius 3 is 0.807 bits per heavy atom. The first-order valence-corrected chi connectivity index (χ1v) is 35.0. The van der Waals surface area contributed by atoms with Crippen LogP contribution in [0.15, 0.2) is 122 Å². The summed E-state index contributed by atoms with van der Waals surface area (Å²) in [6.07, 6.45) is 98.4. The second-order valence-electron chi connectivity index (χ2n) is 23.0. The molecule has 0 radical (unpaired) electrons. The predicted octanol–water partition coefficient (Wildman–Crippen LogP) is 24.3. The van der Waals surface area contributed by atoms with Gasteiger partial charge in [-0.05, 0) is 116 Å². The molecule has 0 aliphatic rings. The van der Waals surface area contributed by atoms with Crippen LogP contribution in [0.3, 0.4) is 0 Å². The molecule has 83 heavy (non-hydrogen) atoms. The molecule has 0 spiro atoms. The number of carbonyl (C=O) groups excluding carboxylic acids is 3. The lowest BCUT2D eigenvalue weighted by atomic mass is 10.0. The van der Waals surface area contributed by atoms with Gasteiger partial charge in [-0.1, -0.05) is 316 Å². The highest BCUT2D eigenvalue weighted by Crippen LogP contribution is 2.17. The fourth-order valence-corrected chi connectivity index (χ4v) is 9.77. The number of unbranched alkanes of at least 4 members (excludes halogenated alkanes) is 32. The van der Waals surface area contributed by atoms with Crippen LogP contribution in [0.4, 0.5) is 0 Å². The summed E-state index contributed by atoms with van der Waals surface area (Å²) in [6.45, 7) is 6.34. The average molecular weight is 1150 g/mol. The van der Waals surface area contributed by atoms with E-state index >= 15 is 0 Å². The van der Waals surface area contributed by atoms with Crippen LogP contribution < -0.4 is 0 Å². The van der Waals surface area contributed by atoms with Gasteiger partial charge in [-0.15, -0.1) is 0 Å². The molecule has 0 heterocycles. The fraction of sp³-hybridized carbons (Fsp3) is 0.701. The van der Waals surface area contributed by atoms with Gasteiger partial charge in [-0.25, -0.2) is 0 Å². The summed E-state index contributed by atoms with van der Waals surface area (Å²) in [5, 5.41) is 0. The van der Waals surface area contributed by atoms with Crippen LogP contribution in [-0.4, -0.2) is 37.2 Å². The highest BCUT2D eigenvalue weighted by Gasteiger charge is 2.19. The lowest BCUT2D eigenvalue weighted by Crippen LogP contribution is -2.30. The zero-order chi connectivity index (χ0) is 59.9. The van der Waals surface area contributed by atoms with Crippen LogP contribution in [0.5, 0.6) is 0 Å². The molecule has 6 nitrogen and oxygen atoms in total. The van der Waals surface area contributed by atoms with E-state index in [4.69, 9.17) is 14.2 Å². The van der Waals surface area contributed by atoms with Crippen LogP contribution in [0, 0.1) is 0 Å².